The number of hydrogen-bond acceptors (Lipinski definition) is 3. The smallest absolute Gasteiger partial charge is 0.193 e. The van der Waals surface area contributed by atoms with Crippen molar-refractivity contribution >= 4 is 29.9 Å². The van der Waals surface area contributed by atoms with Gasteiger partial charge in [-0.2, -0.15) is 5.10 Å². The SMILES string of the molecule is CCNC(=NCCCn1cc(C)cn1)N(C)Cc1ccc(OCC)cc1.I. The average Bonchev–Trinajstić information content (AvgIpc) is 3.05. The molecule has 0 unspecified atom stereocenters. The van der Waals surface area contributed by atoms with Gasteiger partial charge in [-0.05, 0) is 50.5 Å². The Balaban J connectivity index is 0.00000364. The number of benzene rings is 1. The Hall–Kier alpha value is -1.77. The van der Waals surface area contributed by atoms with E-state index < -0.39 is 0 Å². The Morgan fingerprint density at radius 3 is 2.59 bits per heavy atom. The molecule has 0 aliphatic rings. The first-order valence-corrected chi connectivity index (χ1v) is 9.32. The first-order valence-electron chi connectivity index (χ1n) is 9.32. The van der Waals surface area contributed by atoms with E-state index in [0.29, 0.717) is 6.61 Å². The van der Waals surface area contributed by atoms with Crippen molar-refractivity contribution in [2.24, 2.45) is 4.99 Å². The molecule has 0 spiro atoms. The van der Waals surface area contributed by atoms with E-state index in [0.717, 1.165) is 44.3 Å². The number of ether oxygens (including phenoxy) is 1. The molecule has 0 aliphatic heterocycles. The molecule has 0 amide bonds. The zero-order valence-electron chi connectivity index (χ0n) is 16.8. The second-order valence-corrected chi connectivity index (χ2v) is 6.30. The minimum atomic E-state index is 0. The topological polar surface area (TPSA) is 54.7 Å². The van der Waals surface area contributed by atoms with Gasteiger partial charge in [-0.3, -0.25) is 9.67 Å². The first kappa shape index (κ1) is 23.3. The molecular weight excluding hydrogens is 453 g/mol. The molecule has 1 heterocycles. The molecule has 1 N–H and O–H groups in total. The Morgan fingerprint density at radius 2 is 2.00 bits per heavy atom. The van der Waals surface area contributed by atoms with E-state index in [-0.39, 0.29) is 24.0 Å². The Bertz CT molecular complexity index is 684. The maximum atomic E-state index is 5.50. The molecule has 1 aromatic heterocycles. The van der Waals surface area contributed by atoms with Crippen molar-refractivity contribution < 1.29 is 4.74 Å². The lowest BCUT2D eigenvalue weighted by Crippen LogP contribution is -2.38. The molecule has 7 heteroatoms. The van der Waals surface area contributed by atoms with Crippen LogP contribution in [0.25, 0.3) is 0 Å². The van der Waals surface area contributed by atoms with Crippen molar-refractivity contribution in [3.63, 3.8) is 0 Å². The zero-order chi connectivity index (χ0) is 18.8. The molecule has 1 aromatic carbocycles. The molecule has 0 saturated carbocycles. The zero-order valence-corrected chi connectivity index (χ0v) is 19.1. The van der Waals surface area contributed by atoms with Crippen LogP contribution in [0.3, 0.4) is 0 Å². The van der Waals surface area contributed by atoms with Crippen LogP contribution in [0, 0.1) is 6.92 Å². The van der Waals surface area contributed by atoms with Gasteiger partial charge in [-0.25, -0.2) is 0 Å². The summed E-state index contributed by atoms with van der Waals surface area (Å²) in [4.78, 5) is 6.89. The Morgan fingerprint density at radius 1 is 1.26 bits per heavy atom. The fourth-order valence-electron chi connectivity index (χ4n) is 2.68. The molecule has 0 saturated heterocycles. The molecule has 0 aliphatic carbocycles. The molecule has 0 fully saturated rings. The lowest BCUT2D eigenvalue weighted by atomic mass is 10.2. The van der Waals surface area contributed by atoms with Gasteiger partial charge in [-0.15, -0.1) is 24.0 Å². The maximum absolute atomic E-state index is 5.50. The van der Waals surface area contributed by atoms with Gasteiger partial charge in [0.05, 0.1) is 12.8 Å². The lowest BCUT2D eigenvalue weighted by Gasteiger charge is -2.22. The summed E-state index contributed by atoms with van der Waals surface area (Å²) in [7, 11) is 2.06. The van der Waals surface area contributed by atoms with Gasteiger partial charge < -0.3 is 15.0 Å². The summed E-state index contributed by atoms with van der Waals surface area (Å²) in [5, 5.41) is 7.68. The summed E-state index contributed by atoms with van der Waals surface area (Å²) in [5.74, 6) is 1.84. The summed E-state index contributed by atoms with van der Waals surface area (Å²) < 4.78 is 7.47. The minimum Gasteiger partial charge on any atom is -0.494 e. The van der Waals surface area contributed by atoms with Crippen LogP contribution in [-0.4, -0.2) is 47.4 Å². The number of aryl methyl sites for hydroxylation is 2. The van der Waals surface area contributed by atoms with Crippen LogP contribution in [-0.2, 0) is 13.1 Å². The van der Waals surface area contributed by atoms with Crippen molar-refractivity contribution in [3.8, 4) is 5.75 Å². The Labute approximate surface area is 180 Å². The highest BCUT2D eigenvalue weighted by Gasteiger charge is 2.06. The number of aliphatic imine (C=N–C) groups is 1. The molecule has 0 bridgehead atoms. The van der Waals surface area contributed by atoms with Crippen LogP contribution in [0.2, 0.25) is 0 Å². The number of rotatable bonds is 9. The van der Waals surface area contributed by atoms with Gasteiger partial charge in [0.15, 0.2) is 5.96 Å². The molecule has 2 rings (SSSR count). The number of hydrogen-bond donors (Lipinski definition) is 1. The van der Waals surface area contributed by atoms with Crippen LogP contribution in [0.5, 0.6) is 5.75 Å². The second-order valence-electron chi connectivity index (χ2n) is 6.30. The van der Waals surface area contributed by atoms with Gasteiger partial charge in [0.2, 0.25) is 0 Å². The molecule has 0 atom stereocenters. The van der Waals surface area contributed by atoms with Crippen molar-refractivity contribution in [2.75, 3.05) is 26.7 Å². The van der Waals surface area contributed by atoms with Gasteiger partial charge in [0.1, 0.15) is 5.75 Å². The van der Waals surface area contributed by atoms with Crippen LogP contribution in [0.1, 0.15) is 31.4 Å². The van der Waals surface area contributed by atoms with E-state index in [1.54, 1.807) is 0 Å². The predicted octanol–water partition coefficient (Wildman–Crippen LogP) is 3.70. The fourth-order valence-corrected chi connectivity index (χ4v) is 2.68. The standard InChI is InChI=1S/C20H31N5O.HI/c1-5-21-20(22-12-7-13-25-15-17(3)14-23-25)24(4)16-18-8-10-19(11-9-18)26-6-2;/h8-11,14-15H,5-7,12-13,16H2,1-4H3,(H,21,22);1H. The molecule has 150 valence electrons. The summed E-state index contributed by atoms with van der Waals surface area (Å²) in [6.45, 7) is 10.1. The predicted molar refractivity (Wildman–Crippen MR) is 122 cm³/mol. The summed E-state index contributed by atoms with van der Waals surface area (Å²) in [5.41, 5.74) is 2.42. The fraction of sp³-hybridized carbons (Fsp3) is 0.500. The monoisotopic (exact) mass is 485 g/mol. The summed E-state index contributed by atoms with van der Waals surface area (Å²) in [6.07, 6.45) is 4.91. The van der Waals surface area contributed by atoms with Crippen LogP contribution in [0.15, 0.2) is 41.7 Å². The van der Waals surface area contributed by atoms with Crippen LogP contribution < -0.4 is 10.1 Å². The highest BCUT2D eigenvalue weighted by Crippen LogP contribution is 2.13. The van der Waals surface area contributed by atoms with E-state index in [4.69, 9.17) is 9.73 Å². The number of guanidine groups is 1. The third-order valence-electron chi connectivity index (χ3n) is 3.92. The number of nitrogens with zero attached hydrogens (tertiary/aromatic N) is 4. The van der Waals surface area contributed by atoms with Crippen molar-refractivity contribution in [1.82, 2.24) is 20.0 Å². The van der Waals surface area contributed by atoms with Crippen LogP contribution >= 0.6 is 24.0 Å². The minimum absolute atomic E-state index is 0. The lowest BCUT2D eigenvalue weighted by molar-refractivity contribution is 0.340. The largest absolute Gasteiger partial charge is 0.494 e. The summed E-state index contributed by atoms with van der Waals surface area (Å²) >= 11 is 0. The van der Waals surface area contributed by atoms with E-state index in [1.165, 1.54) is 11.1 Å². The normalized spacial score (nSPS) is 11.0. The third-order valence-corrected chi connectivity index (χ3v) is 3.92. The van der Waals surface area contributed by atoms with E-state index in [9.17, 15) is 0 Å². The molecule has 2 aromatic rings. The van der Waals surface area contributed by atoms with Crippen molar-refractivity contribution in [1.29, 1.82) is 0 Å². The van der Waals surface area contributed by atoms with E-state index in [2.05, 4.69) is 54.5 Å². The molecule has 0 radical (unpaired) electrons. The summed E-state index contributed by atoms with van der Waals surface area (Å²) in [6, 6.07) is 8.24. The van der Waals surface area contributed by atoms with Gasteiger partial charge >= 0.3 is 0 Å². The average molecular weight is 485 g/mol. The second kappa shape index (κ2) is 12.6. The van der Waals surface area contributed by atoms with Crippen molar-refractivity contribution in [3.05, 3.63) is 47.8 Å². The number of aromatic nitrogens is 2. The first-order chi connectivity index (χ1) is 12.6. The maximum Gasteiger partial charge on any atom is 0.193 e. The quantitative estimate of drug-likeness (QED) is 0.255. The third kappa shape index (κ3) is 8.19. The van der Waals surface area contributed by atoms with Crippen LogP contribution in [0.4, 0.5) is 0 Å². The van der Waals surface area contributed by atoms with Crippen molar-refractivity contribution in [2.45, 2.75) is 40.3 Å². The van der Waals surface area contributed by atoms with E-state index in [1.807, 2.05) is 29.9 Å². The molecular formula is C20H32IN5O. The Kier molecular flexibility index (Phi) is 10.8. The number of nitrogens with one attached hydrogen (secondary N) is 1. The van der Waals surface area contributed by atoms with Gasteiger partial charge in [0, 0.05) is 39.4 Å². The highest BCUT2D eigenvalue weighted by molar-refractivity contribution is 14.0. The molecule has 6 nitrogen and oxygen atoms in total. The van der Waals surface area contributed by atoms with E-state index >= 15 is 0 Å². The number of halogens is 1. The van der Waals surface area contributed by atoms with Gasteiger partial charge in [0.25, 0.3) is 0 Å². The van der Waals surface area contributed by atoms with Gasteiger partial charge in [-0.1, -0.05) is 12.1 Å². The molecule has 27 heavy (non-hydrogen) atoms. The highest BCUT2D eigenvalue weighted by atomic mass is 127.